The van der Waals surface area contributed by atoms with Crippen molar-refractivity contribution < 1.29 is 0 Å². The van der Waals surface area contributed by atoms with Crippen molar-refractivity contribution in [1.29, 1.82) is 0 Å². The first-order valence-electron chi connectivity index (χ1n) is 5.40. The van der Waals surface area contributed by atoms with Gasteiger partial charge in [-0.2, -0.15) is 0 Å². The van der Waals surface area contributed by atoms with Crippen LogP contribution < -0.4 is 5.32 Å². The minimum absolute atomic E-state index is 0.738. The van der Waals surface area contributed by atoms with E-state index < -0.39 is 0 Å². The zero-order valence-electron chi connectivity index (χ0n) is 8.88. The van der Waals surface area contributed by atoms with Gasteiger partial charge >= 0.3 is 0 Å². The van der Waals surface area contributed by atoms with E-state index in [0.717, 1.165) is 11.9 Å². The Labute approximate surface area is 86.5 Å². The molecule has 13 heavy (non-hydrogen) atoms. The monoisotopic (exact) mass is 202 g/mol. The SMILES string of the molecule is CCCCN(CC)CC1CSCN1. The van der Waals surface area contributed by atoms with E-state index in [1.165, 1.54) is 38.2 Å². The van der Waals surface area contributed by atoms with E-state index in [1.807, 2.05) is 11.8 Å². The van der Waals surface area contributed by atoms with Gasteiger partial charge in [0.05, 0.1) is 0 Å². The third kappa shape index (κ3) is 4.34. The van der Waals surface area contributed by atoms with Gasteiger partial charge in [-0.25, -0.2) is 0 Å². The summed E-state index contributed by atoms with van der Waals surface area (Å²) in [6.07, 6.45) is 2.65. The Balaban J connectivity index is 2.13. The summed E-state index contributed by atoms with van der Waals surface area (Å²) in [7, 11) is 0. The summed E-state index contributed by atoms with van der Waals surface area (Å²) in [5.41, 5.74) is 0. The van der Waals surface area contributed by atoms with Crippen LogP contribution >= 0.6 is 11.8 Å². The molecule has 0 aromatic heterocycles. The van der Waals surface area contributed by atoms with Crippen LogP contribution in [0.1, 0.15) is 26.7 Å². The van der Waals surface area contributed by atoms with Gasteiger partial charge in [0.1, 0.15) is 0 Å². The minimum atomic E-state index is 0.738. The lowest BCUT2D eigenvalue weighted by Gasteiger charge is -2.23. The maximum atomic E-state index is 3.52. The molecule has 78 valence electrons. The molecule has 0 aliphatic carbocycles. The number of hydrogen-bond donors (Lipinski definition) is 1. The highest BCUT2D eigenvalue weighted by molar-refractivity contribution is 7.99. The van der Waals surface area contributed by atoms with Crippen molar-refractivity contribution in [1.82, 2.24) is 10.2 Å². The van der Waals surface area contributed by atoms with Gasteiger partial charge in [-0.1, -0.05) is 20.3 Å². The minimum Gasteiger partial charge on any atom is -0.303 e. The molecule has 0 amide bonds. The van der Waals surface area contributed by atoms with Crippen LogP contribution in [0.4, 0.5) is 0 Å². The molecule has 0 bridgehead atoms. The van der Waals surface area contributed by atoms with Gasteiger partial charge < -0.3 is 10.2 Å². The molecule has 0 radical (unpaired) electrons. The van der Waals surface area contributed by atoms with E-state index in [0.29, 0.717) is 0 Å². The van der Waals surface area contributed by atoms with Gasteiger partial charge in [-0.15, -0.1) is 11.8 Å². The quantitative estimate of drug-likeness (QED) is 0.707. The van der Waals surface area contributed by atoms with Gasteiger partial charge in [0.15, 0.2) is 0 Å². The molecular formula is C10H22N2S. The van der Waals surface area contributed by atoms with Crippen LogP contribution in [0.3, 0.4) is 0 Å². The number of nitrogens with one attached hydrogen (secondary N) is 1. The predicted octanol–water partition coefficient (Wildman–Crippen LogP) is 1.77. The summed E-state index contributed by atoms with van der Waals surface area (Å²) in [4.78, 5) is 2.56. The van der Waals surface area contributed by atoms with E-state index in [2.05, 4.69) is 24.1 Å². The fourth-order valence-corrected chi connectivity index (χ4v) is 2.61. The molecule has 0 spiro atoms. The van der Waals surface area contributed by atoms with Crippen molar-refractivity contribution in [3.05, 3.63) is 0 Å². The Morgan fingerprint density at radius 3 is 2.85 bits per heavy atom. The molecule has 1 rings (SSSR count). The Hall–Kier alpha value is 0.270. The molecule has 1 saturated heterocycles. The second-order valence-corrected chi connectivity index (χ2v) is 4.69. The molecule has 1 atom stereocenters. The molecule has 1 fully saturated rings. The average Bonchev–Trinajstić information content (AvgIpc) is 2.64. The lowest BCUT2D eigenvalue weighted by atomic mass is 10.2. The number of thioether (sulfide) groups is 1. The molecule has 1 aliphatic heterocycles. The second kappa shape index (κ2) is 6.68. The van der Waals surface area contributed by atoms with Gasteiger partial charge in [-0.05, 0) is 19.5 Å². The highest BCUT2D eigenvalue weighted by Crippen LogP contribution is 2.10. The summed E-state index contributed by atoms with van der Waals surface area (Å²) in [5.74, 6) is 2.44. The lowest BCUT2D eigenvalue weighted by Crippen LogP contribution is -2.39. The molecule has 1 heterocycles. The van der Waals surface area contributed by atoms with Crippen molar-refractivity contribution in [2.24, 2.45) is 0 Å². The maximum Gasteiger partial charge on any atom is 0.0421 e. The van der Waals surface area contributed by atoms with E-state index >= 15 is 0 Å². The second-order valence-electron chi connectivity index (χ2n) is 3.66. The molecule has 2 nitrogen and oxygen atoms in total. The van der Waals surface area contributed by atoms with Gasteiger partial charge in [0, 0.05) is 24.2 Å². The Morgan fingerprint density at radius 1 is 1.46 bits per heavy atom. The Kier molecular flexibility index (Phi) is 5.83. The van der Waals surface area contributed by atoms with Gasteiger partial charge in [0.2, 0.25) is 0 Å². The van der Waals surface area contributed by atoms with Crippen molar-refractivity contribution in [3.8, 4) is 0 Å². The van der Waals surface area contributed by atoms with Crippen LogP contribution in [-0.2, 0) is 0 Å². The van der Waals surface area contributed by atoms with Gasteiger partial charge in [-0.3, -0.25) is 0 Å². The zero-order valence-corrected chi connectivity index (χ0v) is 9.70. The summed E-state index contributed by atoms with van der Waals surface area (Å²) in [6, 6.07) is 0.738. The summed E-state index contributed by atoms with van der Waals surface area (Å²) < 4.78 is 0. The number of unbranched alkanes of at least 4 members (excludes halogenated alkanes) is 1. The Morgan fingerprint density at radius 2 is 2.31 bits per heavy atom. The summed E-state index contributed by atoms with van der Waals surface area (Å²) >= 11 is 2.02. The van der Waals surface area contributed by atoms with E-state index in [9.17, 15) is 0 Å². The first kappa shape index (κ1) is 11.3. The molecule has 3 heteroatoms. The number of nitrogens with zero attached hydrogens (tertiary/aromatic N) is 1. The molecule has 1 aliphatic rings. The smallest absolute Gasteiger partial charge is 0.0421 e. The van der Waals surface area contributed by atoms with Crippen molar-refractivity contribution in [2.75, 3.05) is 31.3 Å². The lowest BCUT2D eigenvalue weighted by molar-refractivity contribution is 0.262. The largest absolute Gasteiger partial charge is 0.303 e. The van der Waals surface area contributed by atoms with Crippen molar-refractivity contribution >= 4 is 11.8 Å². The fourth-order valence-electron chi connectivity index (χ4n) is 1.63. The van der Waals surface area contributed by atoms with Crippen LogP contribution in [0.25, 0.3) is 0 Å². The maximum absolute atomic E-state index is 3.52. The number of hydrogen-bond acceptors (Lipinski definition) is 3. The summed E-state index contributed by atoms with van der Waals surface area (Å²) in [6.45, 7) is 8.23. The molecule has 1 unspecified atom stereocenters. The van der Waals surface area contributed by atoms with Crippen molar-refractivity contribution in [3.63, 3.8) is 0 Å². The molecule has 0 aromatic rings. The van der Waals surface area contributed by atoms with E-state index in [4.69, 9.17) is 0 Å². The normalized spacial score (nSPS) is 22.8. The third-order valence-corrected chi connectivity index (χ3v) is 3.56. The van der Waals surface area contributed by atoms with Crippen LogP contribution in [0.5, 0.6) is 0 Å². The zero-order chi connectivity index (χ0) is 9.52. The standard InChI is InChI=1S/C10H22N2S/c1-3-5-6-12(4-2)7-10-8-13-9-11-10/h10-11H,3-9H2,1-2H3. The first-order valence-corrected chi connectivity index (χ1v) is 6.55. The highest BCUT2D eigenvalue weighted by Gasteiger charge is 2.16. The van der Waals surface area contributed by atoms with Crippen LogP contribution in [0.2, 0.25) is 0 Å². The first-order chi connectivity index (χ1) is 6.36. The average molecular weight is 202 g/mol. The topological polar surface area (TPSA) is 15.3 Å². The molecule has 1 N–H and O–H groups in total. The fraction of sp³-hybridized carbons (Fsp3) is 1.00. The van der Waals surface area contributed by atoms with E-state index in [-0.39, 0.29) is 0 Å². The van der Waals surface area contributed by atoms with Crippen LogP contribution in [0, 0.1) is 0 Å². The predicted molar refractivity (Wildman–Crippen MR) is 61.3 cm³/mol. The summed E-state index contributed by atoms with van der Waals surface area (Å²) in [5, 5.41) is 3.52. The van der Waals surface area contributed by atoms with Crippen LogP contribution in [0.15, 0.2) is 0 Å². The van der Waals surface area contributed by atoms with Crippen LogP contribution in [-0.4, -0.2) is 42.2 Å². The Bertz CT molecular complexity index is 124. The molecular weight excluding hydrogens is 180 g/mol. The van der Waals surface area contributed by atoms with E-state index in [1.54, 1.807) is 0 Å². The number of likely N-dealkylation sites (N-methyl/N-ethyl adjacent to an activating group) is 1. The number of rotatable bonds is 6. The van der Waals surface area contributed by atoms with Crippen molar-refractivity contribution in [2.45, 2.75) is 32.7 Å². The highest BCUT2D eigenvalue weighted by atomic mass is 32.2. The molecule has 0 aromatic carbocycles. The van der Waals surface area contributed by atoms with Gasteiger partial charge in [0.25, 0.3) is 0 Å². The molecule has 0 saturated carbocycles. The third-order valence-electron chi connectivity index (χ3n) is 2.55.